The predicted molar refractivity (Wildman–Crippen MR) is 133 cm³/mol. The molecule has 4 nitrogen and oxygen atoms in total. The van der Waals surface area contributed by atoms with E-state index in [1.165, 1.54) is 11.1 Å². The van der Waals surface area contributed by atoms with Crippen molar-refractivity contribution in [3.8, 4) is 5.75 Å². The van der Waals surface area contributed by atoms with Crippen LogP contribution in [0.2, 0.25) is 0 Å². The molecule has 4 rings (SSSR count). The van der Waals surface area contributed by atoms with Crippen molar-refractivity contribution in [2.45, 2.75) is 39.3 Å². The maximum atomic E-state index is 13.4. The Morgan fingerprint density at radius 2 is 1.64 bits per heavy atom. The number of aromatic hydroxyl groups is 1. The fourth-order valence-corrected chi connectivity index (χ4v) is 4.88. The van der Waals surface area contributed by atoms with Gasteiger partial charge >= 0.3 is 0 Å². The molecule has 0 aromatic heterocycles. The van der Waals surface area contributed by atoms with E-state index in [2.05, 4.69) is 49.9 Å². The molecular weight excluding hydrogens is 408 g/mol. The summed E-state index contributed by atoms with van der Waals surface area (Å²) in [5, 5.41) is 10.3. The predicted octanol–water partition coefficient (Wildman–Crippen LogP) is 5.47. The van der Waals surface area contributed by atoms with E-state index in [9.17, 15) is 9.90 Å². The molecule has 3 aromatic carbocycles. The first-order valence-corrected chi connectivity index (χ1v) is 11.8. The SMILES string of the molecule is Cc1ccc(C2CN(Cc3ccccc3O)CC2CN(C(=O)c2ccccc2)C(C)C)cc1. The highest BCUT2D eigenvalue weighted by molar-refractivity contribution is 5.94. The number of amides is 1. The Morgan fingerprint density at radius 1 is 0.970 bits per heavy atom. The molecule has 1 aliphatic heterocycles. The van der Waals surface area contributed by atoms with Crippen LogP contribution in [-0.2, 0) is 6.54 Å². The van der Waals surface area contributed by atoms with Crippen LogP contribution in [0.15, 0.2) is 78.9 Å². The second kappa shape index (κ2) is 10.2. The topological polar surface area (TPSA) is 43.8 Å². The van der Waals surface area contributed by atoms with Gasteiger partial charge in [-0.15, -0.1) is 0 Å². The second-order valence-corrected chi connectivity index (χ2v) is 9.52. The van der Waals surface area contributed by atoms with Crippen LogP contribution in [0.4, 0.5) is 0 Å². The van der Waals surface area contributed by atoms with Crippen LogP contribution in [0.3, 0.4) is 0 Å². The van der Waals surface area contributed by atoms with Gasteiger partial charge in [-0.05, 0) is 50.5 Å². The fourth-order valence-electron chi connectivity index (χ4n) is 4.88. The molecule has 1 N–H and O–H groups in total. The van der Waals surface area contributed by atoms with Crippen LogP contribution in [0.1, 0.15) is 46.8 Å². The van der Waals surface area contributed by atoms with Crippen LogP contribution >= 0.6 is 0 Å². The third kappa shape index (κ3) is 5.45. The minimum Gasteiger partial charge on any atom is -0.508 e. The number of rotatable bonds is 7. The molecule has 1 aliphatic rings. The Balaban J connectivity index is 1.58. The van der Waals surface area contributed by atoms with E-state index >= 15 is 0 Å². The van der Waals surface area contributed by atoms with Gasteiger partial charge in [0.2, 0.25) is 0 Å². The number of aryl methyl sites for hydroxylation is 1. The van der Waals surface area contributed by atoms with Crippen molar-refractivity contribution in [1.29, 1.82) is 0 Å². The Morgan fingerprint density at radius 3 is 2.30 bits per heavy atom. The van der Waals surface area contributed by atoms with Crippen LogP contribution in [0.25, 0.3) is 0 Å². The summed E-state index contributed by atoms with van der Waals surface area (Å²) >= 11 is 0. The number of phenolic OH excluding ortho intramolecular Hbond substituents is 1. The van der Waals surface area contributed by atoms with Gasteiger partial charge < -0.3 is 10.0 Å². The number of para-hydroxylation sites is 1. The van der Waals surface area contributed by atoms with Gasteiger partial charge in [-0.25, -0.2) is 0 Å². The highest BCUT2D eigenvalue weighted by atomic mass is 16.3. The first-order valence-electron chi connectivity index (χ1n) is 11.8. The number of likely N-dealkylation sites (tertiary alicyclic amines) is 1. The Bertz CT molecular complexity index is 1060. The van der Waals surface area contributed by atoms with E-state index < -0.39 is 0 Å². The number of hydrogen-bond acceptors (Lipinski definition) is 3. The monoisotopic (exact) mass is 442 g/mol. The van der Waals surface area contributed by atoms with Gasteiger partial charge in [-0.3, -0.25) is 9.69 Å². The molecule has 3 aromatic rings. The molecular formula is C29H34N2O2. The number of hydrogen-bond donors (Lipinski definition) is 1. The normalized spacial score (nSPS) is 18.5. The average Bonchev–Trinajstić information content (AvgIpc) is 3.21. The van der Waals surface area contributed by atoms with Crippen LogP contribution in [0, 0.1) is 12.8 Å². The van der Waals surface area contributed by atoms with Crippen LogP contribution < -0.4 is 0 Å². The summed E-state index contributed by atoms with van der Waals surface area (Å²) in [6.07, 6.45) is 0. The lowest BCUT2D eigenvalue weighted by molar-refractivity contribution is 0.0668. The molecule has 2 unspecified atom stereocenters. The molecule has 0 radical (unpaired) electrons. The van der Waals surface area contributed by atoms with Gasteiger partial charge in [0, 0.05) is 49.3 Å². The van der Waals surface area contributed by atoms with Crippen molar-refractivity contribution in [3.63, 3.8) is 0 Å². The largest absolute Gasteiger partial charge is 0.508 e. The molecule has 1 amide bonds. The zero-order valence-corrected chi connectivity index (χ0v) is 19.8. The van der Waals surface area contributed by atoms with E-state index in [-0.39, 0.29) is 11.9 Å². The summed E-state index contributed by atoms with van der Waals surface area (Å²) in [5.41, 5.74) is 4.26. The lowest BCUT2D eigenvalue weighted by Gasteiger charge is -2.32. The van der Waals surface area contributed by atoms with Crippen molar-refractivity contribution in [1.82, 2.24) is 9.80 Å². The molecule has 0 saturated carbocycles. The van der Waals surface area contributed by atoms with Gasteiger partial charge in [0.1, 0.15) is 5.75 Å². The Hall–Kier alpha value is -3.11. The number of carbonyl (C=O) groups excluding carboxylic acids is 1. The van der Waals surface area contributed by atoms with Crippen LogP contribution in [-0.4, -0.2) is 46.5 Å². The van der Waals surface area contributed by atoms with E-state index in [0.29, 0.717) is 30.7 Å². The standard InChI is InChI=1S/C29H34N2O2/c1-21(2)31(29(33)24-9-5-4-6-10-24)19-26-18-30(17-25-11-7-8-12-28(25)32)20-27(26)23-15-13-22(3)14-16-23/h4-16,21,26-27,32H,17-20H2,1-3H3. The average molecular weight is 443 g/mol. The molecule has 1 saturated heterocycles. The molecule has 0 spiro atoms. The summed E-state index contributed by atoms with van der Waals surface area (Å²) in [6.45, 7) is 9.51. The van der Waals surface area contributed by atoms with E-state index in [4.69, 9.17) is 0 Å². The Kier molecular flexibility index (Phi) is 7.14. The van der Waals surface area contributed by atoms with Crippen LogP contribution in [0.5, 0.6) is 5.75 Å². The molecule has 4 heteroatoms. The molecule has 0 bridgehead atoms. The van der Waals surface area contributed by atoms with Crippen molar-refractivity contribution in [2.24, 2.45) is 5.92 Å². The van der Waals surface area contributed by atoms with Crippen molar-refractivity contribution in [2.75, 3.05) is 19.6 Å². The molecule has 33 heavy (non-hydrogen) atoms. The zero-order chi connectivity index (χ0) is 23.4. The van der Waals surface area contributed by atoms with Crippen molar-refractivity contribution < 1.29 is 9.90 Å². The minimum atomic E-state index is 0.0902. The van der Waals surface area contributed by atoms with E-state index in [1.54, 1.807) is 6.07 Å². The minimum absolute atomic E-state index is 0.0902. The first kappa shape index (κ1) is 23.1. The lowest BCUT2D eigenvalue weighted by atomic mass is 9.88. The third-order valence-corrected chi connectivity index (χ3v) is 6.74. The van der Waals surface area contributed by atoms with E-state index in [0.717, 1.165) is 24.2 Å². The van der Waals surface area contributed by atoms with Gasteiger partial charge in [0.25, 0.3) is 5.91 Å². The van der Waals surface area contributed by atoms with Crippen molar-refractivity contribution >= 4 is 5.91 Å². The summed E-state index contributed by atoms with van der Waals surface area (Å²) in [7, 11) is 0. The first-order chi connectivity index (χ1) is 15.9. The van der Waals surface area contributed by atoms with Gasteiger partial charge in [-0.2, -0.15) is 0 Å². The highest BCUT2D eigenvalue weighted by Gasteiger charge is 2.36. The third-order valence-electron chi connectivity index (χ3n) is 6.74. The highest BCUT2D eigenvalue weighted by Crippen LogP contribution is 2.35. The molecule has 172 valence electrons. The lowest BCUT2D eigenvalue weighted by Crippen LogP contribution is -2.42. The molecule has 1 heterocycles. The summed E-state index contributed by atoms with van der Waals surface area (Å²) in [5.74, 6) is 1.08. The number of carbonyl (C=O) groups is 1. The maximum absolute atomic E-state index is 13.4. The second-order valence-electron chi connectivity index (χ2n) is 9.52. The number of benzene rings is 3. The van der Waals surface area contributed by atoms with Gasteiger partial charge in [-0.1, -0.05) is 66.2 Å². The molecule has 0 aliphatic carbocycles. The summed E-state index contributed by atoms with van der Waals surface area (Å²) in [6, 6.07) is 26.1. The fraction of sp³-hybridized carbons (Fsp3) is 0.345. The van der Waals surface area contributed by atoms with Gasteiger partial charge in [0.05, 0.1) is 0 Å². The molecule has 2 atom stereocenters. The summed E-state index contributed by atoms with van der Waals surface area (Å²) < 4.78 is 0. The Labute approximate surface area is 197 Å². The van der Waals surface area contributed by atoms with E-state index in [1.807, 2.05) is 53.4 Å². The zero-order valence-electron chi connectivity index (χ0n) is 19.8. The summed E-state index contributed by atoms with van der Waals surface area (Å²) in [4.78, 5) is 17.8. The maximum Gasteiger partial charge on any atom is 0.254 e. The number of nitrogens with zero attached hydrogens (tertiary/aromatic N) is 2. The quantitative estimate of drug-likeness (QED) is 0.528. The van der Waals surface area contributed by atoms with Crippen molar-refractivity contribution in [3.05, 3.63) is 101 Å². The molecule has 1 fully saturated rings. The smallest absolute Gasteiger partial charge is 0.254 e. The van der Waals surface area contributed by atoms with Gasteiger partial charge in [0.15, 0.2) is 0 Å². The number of phenols is 1.